The lowest BCUT2D eigenvalue weighted by Gasteiger charge is -2.29. The Morgan fingerprint density at radius 3 is 2.85 bits per heavy atom. The largest absolute Gasteiger partial charge is 0.380 e. The maximum absolute atomic E-state index is 12.3. The zero-order chi connectivity index (χ0) is 18.9. The van der Waals surface area contributed by atoms with Gasteiger partial charge >= 0.3 is 0 Å². The highest BCUT2D eigenvalue weighted by atomic mass is 16.3. The van der Waals surface area contributed by atoms with Gasteiger partial charge in [0.05, 0.1) is 30.2 Å². The molecule has 8 heteroatoms. The Hall–Kier alpha value is -2.19. The van der Waals surface area contributed by atoms with Gasteiger partial charge in [-0.2, -0.15) is 10.2 Å². The van der Waals surface area contributed by atoms with Gasteiger partial charge in [0.15, 0.2) is 0 Å². The van der Waals surface area contributed by atoms with E-state index in [4.69, 9.17) is 0 Å². The van der Waals surface area contributed by atoms with Crippen LogP contribution in [0, 0.1) is 0 Å². The summed E-state index contributed by atoms with van der Waals surface area (Å²) in [5.74, 6) is 0.0416. The Balaban J connectivity index is 1.65. The summed E-state index contributed by atoms with van der Waals surface area (Å²) < 4.78 is 3.56. The molecule has 0 saturated heterocycles. The number of nitrogens with zero attached hydrogens (tertiary/aromatic N) is 5. The smallest absolute Gasteiger partial charge is 0.234 e. The minimum atomic E-state index is -0.803. The summed E-state index contributed by atoms with van der Waals surface area (Å²) in [4.78, 5) is 14.4. The van der Waals surface area contributed by atoms with Crippen LogP contribution >= 0.6 is 0 Å². The third kappa shape index (κ3) is 3.96. The SMILES string of the molecule is CCC(C)(C)NC(=O)CN1CCn2nc([C@@H](O)c3ccnn3C)cc2C1. The van der Waals surface area contributed by atoms with Crippen molar-refractivity contribution in [2.45, 2.75) is 51.9 Å². The fourth-order valence-electron chi connectivity index (χ4n) is 3.12. The summed E-state index contributed by atoms with van der Waals surface area (Å²) in [6.07, 6.45) is 1.75. The number of fused-ring (bicyclic) bond motifs is 1. The van der Waals surface area contributed by atoms with E-state index >= 15 is 0 Å². The van der Waals surface area contributed by atoms with E-state index in [1.165, 1.54) is 0 Å². The fraction of sp³-hybridized carbons (Fsp3) is 0.611. The molecule has 2 N–H and O–H groups in total. The molecule has 1 atom stereocenters. The zero-order valence-electron chi connectivity index (χ0n) is 15.9. The molecular formula is C18H28N6O2. The van der Waals surface area contributed by atoms with Crippen molar-refractivity contribution < 1.29 is 9.90 Å². The van der Waals surface area contributed by atoms with E-state index in [0.717, 1.165) is 18.7 Å². The van der Waals surface area contributed by atoms with Crippen LogP contribution in [0.5, 0.6) is 0 Å². The second-order valence-electron chi connectivity index (χ2n) is 7.56. The predicted molar refractivity (Wildman–Crippen MR) is 97.3 cm³/mol. The lowest BCUT2D eigenvalue weighted by molar-refractivity contribution is -0.124. The van der Waals surface area contributed by atoms with Crippen molar-refractivity contribution in [3.8, 4) is 0 Å². The van der Waals surface area contributed by atoms with Gasteiger partial charge in [0.2, 0.25) is 5.91 Å². The normalized spacial score (nSPS) is 16.3. The van der Waals surface area contributed by atoms with Gasteiger partial charge in [0.25, 0.3) is 0 Å². The number of aryl methyl sites for hydroxylation is 1. The minimum absolute atomic E-state index is 0.0416. The molecule has 142 valence electrons. The number of aliphatic hydroxyl groups excluding tert-OH is 1. The number of hydrogen-bond acceptors (Lipinski definition) is 5. The van der Waals surface area contributed by atoms with Gasteiger partial charge < -0.3 is 10.4 Å². The van der Waals surface area contributed by atoms with Crippen molar-refractivity contribution in [3.05, 3.63) is 35.4 Å². The van der Waals surface area contributed by atoms with E-state index in [0.29, 0.717) is 31.0 Å². The number of aromatic nitrogens is 4. The molecule has 0 unspecified atom stereocenters. The first-order valence-corrected chi connectivity index (χ1v) is 9.05. The molecule has 3 rings (SSSR count). The molecule has 0 aliphatic carbocycles. The zero-order valence-corrected chi connectivity index (χ0v) is 15.9. The standard InChI is InChI=1S/C18H28N6O2/c1-5-18(2,3)20-16(25)12-23-8-9-24-13(11-23)10-14(21-24)17(26)15-6-7-19-22(15)4/h6-7,10,17,26H,5,8-9,11-12H2,1-4H3,(H,20,25)/t17-/m1/s1. The Kier molecular flexibility index (Phi) is 5.15. The molecule has 0 bridgehead atoms. The summed E-state index contributed by atoms with van der Waals surface area (Å²) >= 11 is 0. The number of carbonyl (C=O) groups is 1. The van der Waals surface area contributed by atoms with E-state index in [9.17, 15) is 9.90 Å². The number of amides is 1. The highest BCUT2D eigenvalue weighted by Crippen LogP contribution is 2.23. The molecule has 2 aromatic heterocycles. The van der Waals surface area contributed by atoms with Crippen molar-refractivity contribution in [2.75, 3.05) is 13.1 Å². The van der Waals surface area contributed by atoms with Crippen LogP contribution in [0.4, 0.5) is 0 Å². The molecular weight excluding hydrogens is 332 g/mol. The van der Waals surface area contributed by atoms with E-state index in [2.05, 4.69) is 27.3 Å². The molecule has 26 heavy (non-hydrogen) atoms. The summed E-state index contributed by atoms with van der Waals surface area (Å²) in [6.45, 7) is 8.60. The number of rotatable bonds is 6. The quantitative estimate of drug-likeness (QED) is 0.796. The van der Waals surface area contributed by atoms with Crippen molar-refractivity contribution in [1.82, 2.24) is 29.8 Å². The number of aliphatic hydroxyl groups is 1. The molecule has 0 saturated carbocycles. The minimum Gasteiger partial charge on any atom is -0.380 e. The maximum atomic E-state index is 12.3. The Morgan fingerprint density at radius 2 is 2.19 bits per heavy atom. The molecule has 0 radical (unpaired) electrons. The van der Waals surface area contributed by atoms with Crippen LogP contribution in [-0.2, 0) is 24.9 Å². The van der Waals surface area contributed by atoms with Crippen molar-refractivity contribution in [2.24, 2.45) is 7.05 Å². The van der Waals surface area contributed by atoms with Gasteiger partial charge in [0, 0.05) is 31.9 Å². The maximum Gasteiger partial charge on any atom is 0.234 e. The first kappa shape index (κ1) is 18.6. The Morgan fingerprint density at radius 1 is 1.42 bits per heavy atom. The molecule has 1 aliphatic heterocycles. The van der Waals surface area contributed by atoms with Gasteiger partial charge in [-0.3, -0.25) is 19.1 Å². The number of carbonyl (C=O) groups excluding carboxylic acids is 1. The van der Waals surface area contributed by atoms with Gasteiger partial charge in [-0.15, -0.1) is 0 Å². The molecule has 8 nitrogen and oxygen atoms in total. The fourth-order valence-corrected chi connectivity index (χ4v) is 3.12. The predicted octanol–water partition coefficient (Wildman–Crippen LogP) is 0.819. The lowest BCUT2D eigenvalue weighted by atomic mass is 10.0. The Labute approximate surface area is 153 Å². The third-order valence-electron chi connectivity index (χ3n) is 5.04. The molecule has 0 fully saturated rings. The molecule has 1 aliphatic rings. The van der Waals surface area contributed by atoms with Crippen molar-refractivity contribution in [1.29, 1.82) is 0 Å². The van der Waals surface area contributed by atoms with Crippen molar-refractivity contribution in [3.63, 3.8) is 0 Å². The van der Waals surface area contributed by atoms with Crippen LogP contribution in [0.1, 0.15) is 50.4 Å². The molecule has 3 heterocycles. The van der Waals surface area contributed by atoms with E-state index in [-0.39, 0.29) is 11.4 Å². The third-order valence-corrected chi connectivity index (χ3v) is 5.04. The number of hydrogen-bond donors (Lipinski definition) is 2. The van der Waals surface area contributed by atoms with E-state index in [1.807, 2.05) is 24.6 Å². The van der Waals surface area contributed by atoms with Gasteiger partial charge in [-0.1, -0.05) is 6.92 Å². The second-order valence-corrected chi connectivity index (χ2v) is 7.56. The number of nitrogens with one attached hydrogen (secondary N) is 1. The summed E-state index contributed by atoms with van der Waals surface area (Å²) in [7, 11) is 1.80. The van der Waals surface area contributed by atoms with Crippen LogP contribution in [-0.4, -0.2) is 54.1 Å². The molecule has 0 spiro atoms. The molecule has 0 aromatic carbocycles. The van der Waals surface area contributed by atoms with E-state index < -0.39 is 6.10 Å². The second kappa shape index (κ2) is 7.20. The van der Waals surface area contributed by atoms with Crippen LogP contribution in [0.25, 0.3) is 0 Å². The van der Waals surface area contributed by atoms with Crippen LogP contribution < -0.4 is 5.32 Å². The topological polar surface area (TPSA) is 88.2 Å². The molecule has 2 aromatic rings. The summed E-state index contributed by atoms with van der Waals surface area (Å²) in [5, 5.41) is 22.3. The van der Waals surface area contributed by atoms with Crippen LogP contribution in [0.2, 0.25) is 0 Å². The highest BCUT2D eigenvalue weighted by Gasteiger charge is 2.25. The van der Waals surface area contributed by atoms with Gasteiger partial charge in [0.1, 0.15) is 6.10 Å². The average molecular weight is 360 g/mol. The first-order valence-electron chi connectivity index (χ1n) is 9.05. The van der Waals surface area contributed by atoms with Crippen LogP contribution in [0.3, 0.4) is 0 Å². The van der Waals surface area contributed by atoms with E-state index in [1.54, 1.807) is 24.0 Å². The van der Waals surface area contributed by atoms with Crippen LogP contribution in [0.15, 0.2) is 18.3 Å². The monoisotopic (exact) mass is 360 g/mol. The Bertz CT molecular complexity index is 778. The lowest BCUT2D eigenvalue weighted by Crippen LogP contribution is -2.48. The summed E-state index contributed by atoms with van der Waals surface area (Å²) in [6, 6.07) is 3.70. The molecule has 1 amide bonds. The van der Waals surface area contributed by atoms with Crippen molar-refractivity contribution >= 4 is 5.91 Å². The van der Waals surface area contributed by atoms with Gasteiger partial charge in [-0.25, -0.2) is 0 Å². The van der Waals surface area contributed by atoms with Gasteiger partial charge in [-0.05, 0) is 32.4 Å². The average Bonchev–Trinajstić information content (AvgIpc) is 3.19. The summed E-state index contributed by atoms with van der Waals surface area (Å²) in [5.41, 5.74) is 2.14. The highest BCUT2D eigenvalue weighted by molar-refractivity contribution is 5.78. The first-order chi connectivity index (χ1) is 12.3.